The van der Waals surface area contributed by atoms with Crippen LogP contribution in [0.2, 0.25) is 0 Å². The third-order valence-electron chi connectivity index (χ3n) is 4.21. The number of nitrogens with zero attached hydrogens (tertiary/aromatic N) is 1. The Balaban J connectivity index is 1.69. The highest BCUT2D eigenvalue weighted by atomic mass is 79.9. The number of sulfonamides is 1. The van der Waals surface area contributed by atoms with Crippen LogP contribution < -0.4 is 5.32 Å². The van der Waals surface area contributed by atoms with Crippen LogP contribution in [0.25, 0.3) is 0 Å². The maximum atomic E-state index is 12.6. The van der Waals surface area contributed by atoms with Crippen LogP contribution >= 0.6 is 15.9 Å². The average Bonchev–Trinajstić information content (AvgIpc) is 3.38. The van der Waals surface area contributed by atoms with Gasteiger partial charge in [0.2, 0.25) is 0 Å². The monoisotopic (exact) mass is 420 g/mol. The number of benzene rings is 2. The molecule has 0 spiro atoms. The molecule has 0 radical (unpaired) electrons. The van der Waals surface area contributed by atoms with E-state index in [9.17, 15) is 18.0 Å². The summed E-state index contributed by atoms with van der Waals surface area (Å²) in [5.74, 6) is -0.947. The van der Waals surface area contributed by atoms with Gasteiger partial charge in [0.1, 0.15) is 4.90 Å². The summed E-state index contributed by atoms with van der Waals surface area (Å²) in [7, 11) is -3.87. The molecule has 2 aromatic rings. The molecule has 4 rings (SSSR count). The van der Waals surface area contributed by atoms with Crippen LogP contribution in [-0.2, 0) is 10.0 Å². The number of rotatable bonds is 3. The first-order chi connectivity index (χ1) is 11.9. The number of nitrogens with one attached hydrogen (secondary N) is 1. The van der Waals surface area contributed by atoms with Crippen molar-refractivity contribution in [3.8, 4) is 0 Å². The van der Waals surface area contributed by atoms with Gasteiger partial charge in [0.25, 0.3) is 21.8 Å². The molecule has 1 fully saturated rings. The lowest BCUT2D eigenvalue weighted by Gasteiger charge is -2.13. The molecule has 0 saturated heterocycles. The van der Waals surface area contributed by atoms with E-state index in [2.05, 4.69) is 21.2 Å². The molecule has 1 aliphatic heterocycles. The number of fused-ring (bicyclic) bond motifs is 1. The first-order valence-electron chi connectivity index (χ1n) is 7.68. The molecule has 8 heteroatoms. The third-order valence-corrected chi connectivity index (χ3v) is 6.78. The number of halogens is 1. The van der Waals surface area contributed by atoms with Crippen LogP contribution in [0, 0.1) is 0 Å². The lowest BCUT2D eigenvalue weighted by atomic mass is 10.1. The Morgan fingerprint density at radius 2 is 1.88 bits per heavy atom. The highest BCUT2D eigenvalue weighted by molar-refractivity contribution is 9.10. The van der Waals surface area contributed by atoms with Crippen LogP contribution in [0.3, 0.4) is 0 Å². The molecule has 1 saturated carbocycles. The zero-order valence-corrected chi connectivity index (χ0v) is 15.3. The quantitative estimate of drug-likeness (QED) is 0.826. The summed E-state index contributed by atoms with van der Waals surface area (Å²) in [4.78, 5) is 24.7. The van der Waals surface area contributed by atoms with E-state index in [4.69, 9.17) is 0 Å². The number of hydrogen-bond acceptors (Lipinski definition) is 4. The van der Waals surface area contributed by atoms with Crippen molar-refractivity contribution in [3.05, 3.63) is 58.1 Å². The average molecular weight is 421 g/mol. The minimum atomic E-state index is -3.87. The van der Waals surface area contributed by atoms with Crippen molar-refractivity contribution in [1.29, 1.82) is 0 Å². The summed E-state index contributed by atoms with van der Waals surface area (Å²) in [6.45, 7) is 0. The second kappa shape index (κ2) is 5.67. The Morgan fingerprint density at radius 1 is 1.16 bits per heavy atom. The first-order valence-corrected chi connectivity index (χ1v) is 9.91. The van der Waals surface area contributed by atoms with Crippen molar-refractivity contribution in [3.63, 3.8) is 0 Å². The van der Waals surface area contributed by atoms with Gasteiger partial charge in [0, 0.05) is 16.1 Å². The van der Waals surface area contributed by atoms with Gasteiger partial charge in [-0.3, -0.25) is 9.59 Å². The maximum Gasteiger partial charge on any atom is 0.269 e. The van der Waals surface area contributed by atoms with E-state index in [1.807, 2.05) is 6.07 Å². The highest BCUT2D eigenvalue weighted by Crippen LogP contribution is 2.39. The molecule has 1 N–H and O–H groups in total. The fourth-order valence-corrected chi connectivity index (χ4v) is 5.04. The molecule has 0 aromatic heterocycles. The van der Waals surface area contributed by atoms with E-state index in [-0.39, 0.29) is 22.1 Å². The van der Waals surface area contributed by atoms with Crippen molar-refractivity contribution in [1.82, 2.24) is 4.31 Å². The Kier molecular flexibility index (Phi) is 3.69. The van der Waals surface area contributed by atoms with E-state index < -0.39 is 21.8 Å². The second-order valence-corrected chi connectivity index (χ2v) is 8.62. The van der Waals surface area contributed by atoms with E-state index in [1.54, 1.807) is 18.2 Å². The molecule has 128 valence electrons. The van der Waals surface area contributed by atoms with Gasteiger partial charge < -0.3 is 5.32 Å². The number of carbonyl (C=O) groups excluding carboxylic acids is 2. The molecule has 0 bridgehead atoms. The fraction of sp³-hybridized carbons (Fsp3) is 0.176. The van der Waals surface area contributed by atoms with Crippen molar-refractivity contribution < 1.29 is 18.0 Å². The SMILES string of the molecule is O=C(Nc1ccccc1Br)c1ccc2c(c1)S(=O)(=O)N(C1CC1)C2=O. The van der Waals surface area contributed by atoms with E-state index in [0.29, 0.717) is 23.0 Å². The van der Waals surface area contributed by atoms with Gasteiger partial charge in [0.15, 0.2) is 0 Å². The van der Waals surface area contributed by atoms with Crippen molar-refractivity contribution in [2.24, 2.45) is 0 Å². The predicted molar refractivity (Wildman–Crippen MR) is 94.9 cm³/mol. The van der Waals surface area contributed by atoms with Gasteiger partial charge in [-0.2, -0.15) is 0 Å². The third kappa shape index (κ3) is 2.65. The predicted octanol–water partition coefficient (Wildman–Crippen LogP) is 3.01. The van der Waals surface area contributed by atoms with Crippen LogP contribution in [-0.4, -0.2) is 30.6 Å². The summed E-state index contributed by atoms with van der Waals surface area (Å²) in [6, 6.07) is 11.0. The molecule has 6 nitrogen and oxygen atoms in total. The van der Waals surface area contributed by atoms with Gasteiger partial charge >= 0.3 is 0 Å². The number of hydrogen-bond donors (Lipinski definition) is 1. The largest absolute Gasteiger partial charge is 0.321 e. The number of amides is 2. The van der Waals surface area contributed by atoms with Crippen molar-refractivity contribution in [2.75, 3.05) is 5.32 Å². The molecule has 2 aliphatic rings. The van der Waals surface area contributed by atoms with Gasteiger partial charge in [-0.25, -0.2) is 12.7 Å². The Morgan fingerprint density at radius 3 is 2.56 bits per heavy atom. The van der Waals surface area contributed by atoms with Gasteiger partial charge in [-0.15, -0.1) is 0 Å². The van der Waals surface area contributed by atoms with Gasteiger partial charge in [-0.1, -0.05) is 12.1 Å². The van der Waals surface area contributed by atoms with Crippen LogP contribution in [0.5, 0.6) is 0 Å². The van der Waals surface area contributed by atoms with E-state index in [1.165, 1.54) is 18.2 Å². The topological polar surface area (TPSA) is 83.6 Å². The lowest BCUT2D eigenvalue weighted by molar-refractivity contribution is 0.0864. The molecule has 25 heavy (non-hydrogen) atoms. The van der Waals surface area contributed by atoms with E-state index in [0.717, 1.165) is 4.31 Å². The number of carbonyl (C=O) groups is 2. The molecule has 1 heterocycles. The van der Waals surface area contributed by atoms with E-state index >= 15 is 0 Å². The van der Waals surface area contributed by atoms with Crippen LogP contribution in [0.1, 0.15) is 33.6 Å². The summed E-state index contributed by atoms with van der Waals surface area (Å²) < 4.78 is 26.9. The maximum absolute atomic E-state index is 12.6. The van der Waals surface area contributed by atoms with Gasteiger partial charge in [-0.05, 0) is 59.1 Å². The van der Waals surface area contributed by atoms with Crippen LogP contribution in [0.4, 0.5) is 5.69 Å². The molecule has 0 atom stereocenters. The first kappa shape index (κ1) is 16.3. The molecule has 0 unspecified atom stereocenters. The number of anilines is 1. The molecular formula is C17H13BrN2O4S. The smallest absolute Gasteiger partial charge is 0.269 e. The lowest BCUT2D eigenvalue weighted by Crippen LogP contribution is -2.31. The highest BCUT2D eigenvalue weighted by Gasteiger charge is 2.48. The minimum absolute atomic E-state index is 0.0934. The van der Waals surface area contributed by atoms with Crippen molar-refractivity contribution in [2.45, 2.75) is 23.8 Å². The molecule has 2 amide bonds. The standard InChI is InChI=1S/C17H13BrN2O4S/c18-13-3-1-2-4-14(13)19-16(21)10-5-8-12-15(9-10)25(23,24)20(17(12)22)11-6-7-11/h1-5,8-9,11H,6-7H2,(H,19,21). The molecule has 2 aromatic carbocycles. The summed E-state index contributed by atoms with van der Waals surface area (Å²) >= 11 is 3.34. The molecular weight excluding hydrogens is 408 g/mol. The van der Waals surface area contributed by atoms with Crippen LogP contribution in [0.15, 0.2) is 51.8 Å². The summed E-state index contributed by atoms with van der Waals surface area (Å²) in [5.41, 5.74) is 0.888. The zero-order chi connectivity index (χ0) is 17.8. The second-order valence-electron chi connectivity index (χ2n) is 5.98. The number of para-hydroxylation sites is 1. The normalized spacial score (nSPS) is 18.1. The summed E-state index contributed by atoms with van der Waals surface area (Å²) in [6.07, 6.45) is 1.38. The molecule has 1 aliphatic carbocycles. The van der Waals surface area contributed by atoms with Crippen molar-refractivity contribution >= 4 is 43.5 Å². The Labute approximate surface area is 153 Å². The summed E-state index contributed by atoms with van der Waals surface area (Å²) in [5, 5.41) is 2.72. The van der Waals surface area contributed by atoms with Gasteiger partial charge in [0.05, 0.1) is 11.3 Å². The Hall–Kier alpha value is -2.19. The minimum Gasteiger partial charge on any atom is -0.321 e. The Bertz CT molecular complexity index is 1020. The zero-order valence-electron chi connectivity index (χ0n) is 12.9. The fourth-order valence-electron chi connectivity index (χ4n) is 2.82.